The number of rotatable bonds is 7. The van der Waals surface area contributed by atoms with Gasteiger partial charge in [0.1, 0.15) is 5.82 Å². The number of hydrogen-bond donors (Lipinski definition) is 1. The van der Waals surface area contributed by atoms with Gasteiger partial charge < -0.3 is 24.3 Å². The summed E-state index contributed by atoms with van der Waals surface area (Å²) in [6, 6.07) is 10.7. The molecule has 9 heteroatoms. The minimum absolute atomic E-state index is 0.180. The van der Waals surface area contributed by atoms with Crippen LogP contribution in [0.25, 0.3) is 17.0 Å². The van der Waals surface area contributed by atoms with Gasteiger partial charge in [0.25, 0.3) is 5.56 Å². The molecular formula is C25H27ClN4O4. The molecule has 0 unspecified atom stereocenters. The van der Waals surface area contributed by atoms with Crippen LogP contribution in [-0.2, 0) is 11.3 Å². The van der Waals surface area contributed by atoms with Crippen molar-refractivity contribution in [3.8, 4) is 11.5 Å². The van der Waals surface area contributed by atoms with Crippen molar-refractivity contribution in [3.05, 3.63) is 69.2 Å². The van der Waals surface area contributed by atoms with Crippen LogP contribution in [0.15, 0.2) is 47.3 Å². The lowest BCUT2D eigenvalue weighted by Crippen LogP contribution is -2.36. The van der Waals surface area contributed by atoms with Gasteiger partial charge in [-0.1, -0.05) is 23.7 Å². The number of aromatic amines is 1. The fraction of sp³-hybridized carbons (Fsp3) is 0.320. The SMILES string of the molecule is CN(C)CCN(Cc1nc2ccccc2c(=O)[nH]1)C(=O)C=Cc1cc(Cl)c2c(c1)OCCCO2. The normalized spacial score (nSPS) is 13.4. The van der Waals surface area contributed by atoms with E-state index in [0.717, 1.165) is 12.0 Å². The van der Waals surface area contributed by atoms with E-state index >= 15 is 0 Å². The Bertz CT molecular complexity index is 1270. The molecule has 0 saturated heterocycles. The summed E-state index contributed by atoms with van der Waals surface area (Å²) in [5, 5.41) is 0.956. The van der Waals surface area contributed by atoms with Crippen LogP contribution in [0.1, 0.15) is 17.8 Å². The summed E-state index contributed by atoms with van der Waals surface area (Å²) in [4.78, 5) is 36.5. The van der Waals surface area contributed by atoms with Gasteiger partial charge in [0.15, 0.2) is 11.5 Å². The van der Waals surface area contributed by atoms with Crippen LogP contribution in [-0.4, -0.2) is 66.1 Å². The molecule has 1 N–H and O–H groups in total. The van der Waals surface area contributed by atoms with Crippen molar-refractivity contribution < 1.29 is 14.3 Å². The smallest absolute Gasteiger partial charge is 0.258 e. The predicted octanol–water partition coefficient (Wildman–Crippen LogP) is 3.34. The fourth-order valence-electron chi connectivity index (χ4n) is 3.60. The highest BCUT2D eigenvalue weighted by Crippen LogP contribution is 2.38. The molecule has 0 aliphatic carbocycles. The van der Waals surface area contributed by atoms with E-state index in [-0.39, 0.29) is 18.0 Å². The van der Waals surface area contributed by atoms with Gasteiger partial charge in [0.05, 0.1) is 35.7 Å². The molecule has 0 radical (unpaired) electrons. The fourth-order valence-corrected chi connectivity index (χ4v) is 3.87. The molecule has 178 valence electrons. The summed E-state index contributed by atoms with van der Waals surface area (Å²) in [6.07, 6.45) is 3.97. The number of carbonyl (C=O) groups excluding carboxylic acids is 1. The molecule has 0 atom stereocenters. The Labute approximate surface area is 202 Å². The highest BCUT2D eigenvalue weighted by atomic mass is 35.5. The van der Waals surface area contributed by atoms with Crippen molar-refractivity contribution in [1.29, 1.82) is 0 Å². The summed E-state index contributed by atoms with van der Waals surface area (Å²) in [5.74, 6) is 1.32. The molecule has 2 aromatic carbocycles. The van der Waals surface area contributed by atoms with Crippen molar-refractivity contribution in [2.45, 2.75) is 13.0 Å². The average molecular weight is 483 g/mol. The highest BCUT2D eigenvalue weighted by molar-refractivity contribution is 6.32. The predicted molar refractivity (Wildman–Crippen MR) is 132 cm³/mol. The quantitative estimate of drug-likeness (QED) is 0.520. The van der Waals surface area contributed by atoms with Crippen molar-refractivity contribution >= 4 is 34.5 Å². The molecule has 4 rings (SSSR count). The minimum atomic E-state index is -0.224. The Morgan fingerprint density at radius 3 is 2.79 bits per heavy atom. The number of fused-ring (bicyclic) bond motifs is 2. The number of nitrogens with zero attached hydrogens (tertiary/aromatic N) is 3. The van der Waals surface area contributed by atoms with Crippen molar-refractivity contribution in [2.75, 3.05) is 40.4 Å². The van der Waals surface area contributed by atoms with E-state index in [2.05, 4.69) is 9.97 Å². The summed E-state index contributed by atoms with van der Waals surface area (Å²) in [7, 11) is 3.88. The number of amides is 1. The maximum absolute atomic E-state index is 13.1. The first-order chi connectivity index (χ1) is 16.4. The van der Waals surface area contributed by atoms with Gasteiger partial charge in [-0.3, -0.25) is 9.59 Å². The van der Waals surface area contributed by atoms with Crippen LogP contribution in [0, 0.1) is 0 Å². The number of aromatic nitrogens is 2. The minimum Gasteiger partial charge on any atom is -0.489 e. The zero-order chi connectivity index (χ0) is 24.1. The molecule has 8 nitrogen and oxygen atoms in total. The van der Waals surface area contributed by atoms with E-state index in [1.165, 1.54) is 6.08 Å². The number of hydrogen-bond acceptors (Lipinski definition) is 6. The standard InChI is InChI=1S/C25H27ClN4O4/c1-29(2)10-11-30(16-22-27-20-7-4-3-6-18(20)25(32)28-22)23(31)9-8-17-14-19(26)24-21(15-17)33-12-5-13-34-24/h3-4,6-9,14-15H,5,10-13,16H2,1-2H3,(H,27,28,32). The van der Waals surface area contributed by atoms with Gasteiger partial charge in [-0.25, -0.2) is 4.98 Å². The number of likely N-dealkylation sites (N-methyl/N-ethyl adjacent to an activating group) is 1. The van der Waals surface area contributed by atoms with Gasteiger partial charge in [-0.15, -0.1) is 0 Å². The second-order valence-electron chi connectivity index (χ2n) is 8.31. The van der Waals surface area contributed by atoms with E-state index in [0.29, 0.717) is 59.6 Å². The van der Waals surface area contributed by atoms with Gasteiger partial charge in [0, 0.05) is 25.6 Å². The number of para-hydroxylation sites is 1. The number of carbonyl (C=O) groups is 1. The molecule has 0 bridgehead atoms. The number of nitrogens with one attached hydrogen (secondary N) is 1. The molecule has 34 heavy (non-hydrogen) atoms. The third-order valence-electron chi connectivity index (χ3n) is 5.37. The number of H-pyrrole nitrogens is 1. The van der Waals surface area contributed by atoms with Gasteiger partial charge in [-0.05, 0) is 50.0 Å². The summed E-state index contributed by atoms with van der Waals surface area (Å²) in [6.45, 7) is 2.40. The van der Waals surface area contributed by atoms with Crippen LogP contribution in [0.5, 0.6) is 11.5 Å². The molecule has 3 aromatic rings. The Kier molecular flexibility index (Phi) is 7.49. The molecule has 2 heterocycles. The van der Waals surface area contributed by atoms with E-state index in [1.54, 1.807) is 35.2 Å². The topological polar surface area (TPSA) is 87.8 Å². The first-order valence-electron chi connectivity index (χ1n) is 11.1. The van der Waals surface area contributed by atoms with Gasteiger partial charge in [-0.2, -0.15) is 0 Å². The second kappa shape index (κ2) is 10.7. The van der Waals surface area contributed by atoms with E-state index < -0.39 is 0 Å². The zero-order valence-corrected chi connectivity index (χ0v) is 20.0. The Hall–Kier alpha value is -3.36. The largest absolute Gasteiger partial charge is 0.489 e. The third-order valence-corrected chi connectivity index (χ3v) is 5.65. The zero-order valence-electron chi connectivity index (χ0n) is 19.2. The summed E-state index contributed by atoms with van der Waals surface area (Å²) in [5.41, 5.74) is 1.10. The Morgan fingerprint density at radius 1 is 1.18 bits per heavy atom. The molecule has 0 saturated carbocycles. The van der Waals surface area contributed by atoms with E-state index in [9.17, 15) is 9.59 Å². The Morgan fingerprint density at radius 2 is 1.97 bits per heavy atom. The molecule has 1 aliphatic heterocycles. The number of benzene rings is 2. The molecular weight excluding hydrogens is 456 g/mol. The van der Waals surface area contributed by atoms with E-state index in [4.69, 9.17) is 21.1 Å². The first kappa shape index (κ1) is 23.8. The monoisotopic (exact) mass is 482 g/mol. The lowest BCUT2D eigenvalue weighted by atomic mass is 10.2. The number of halogens is 1. The van der Waals surface area contributed by atoms with Crippen LogP contribution in [0.2, 0.25) is 5.02 Å². The van der Waals surface area contributed by atoms with Crippen molar-refractivity contribution in [2.24, 2.45) is 0 Å². The first-order valence-corrected chi connectivity index (χ1v) is 11.5. The molecule has 1 aromatic heterocycles. The lowest BCUT2D eigenvalue weighted by Gasteiger charge is -2.23. The number of ether oxygens (including phenoxy) is 2. The van der Waals surface area contributed by atoms with Crippen molar-refractivity contribution in [3.63, 3.8) is 0 Å². The van der Waals surface area contributed by atoms with Crippen LogP contribution >= 0.6 is 11.6 Å². The molecule has 0 fully saturated rings. The second-order valence-corrected chi connectivity index (χ2v) is 8.71. The third kappa shape index (κ3) is 5.76. The molecule has 1 amide bonds. The van der Waals surface area contributed by atoms with Crippen LogP contribution in [0.4, 0.5) is 0 Å². The van der Waals surface area contributed by atoms with E-state index in [1.807, 2.05) is 31.1 Å². The van der Waals surface area contributed by atoms with Crippen LogP contribution < -0.4 is 15.0 Å². The highest BCUT2D eigenvalue weighted by Gasteiger charge is 2.17. The van der Waals surface area contributed by atoms with Crippen molar-refractivity contribution in [1.82, 2.24) is 19.8 Å². The maximum Gasteiger partial charge on any atom is 0.258 e. The summed E-state index contributed by atoms with van der Waals surface area (Å²) >= 11 is 6.37. The lowest BCUT2D eigenvalue weighted by molar-refractivity contribution is -0.126. The molecule has 1 aliphatic rings. The van der Waals surface area contributed by atoms with Gasteiger partial charge in [0.2, 0.25) is 5.91 Å². The van der Waals surface area contributed by atoms with Gasteiger partial charge >= 0.3 is 0 Å². The maximum atomic E-state index is 13.1. The Balaban J connectivity index is 1.56. The van der Waals surface area contributed by atoms with Crippen LogP contribution in [0.3, 0.4) is 0 Å². The average Bonchev–Trinajstić information content (AvgIpc) is 3.06. The molecule has 0 spiro atoms. The summed E-state index contributed by atoms with van der Waals surface area (Å²) < 4.78 is 11.4.